The molecule has 0 aliphatic carbocycles. The predicted octanol–water partition coefficient (Wildman–Crippen LogP) is 1.52. The summed E-state index contributed by atoms with van der Waals surface area (Å²) in [4.78, 5) is 0. The van der Waals surface area contributed by atoms with Crippen LogP contribution in [0.5, 0.6) is 23.0 Å². The number of ether oxygens (including phenoxy) is 4. The van der Waals surface area contributed by atoms with Gasteiger partial charge in [-0.1, -0.05) is 121 Å². The van der Waals surface area contributed by atoms with E-state index < -0.39 is 28.4 Å². The summed E-state index contributed by atoms with van der Waals surface area (Å²) in [5, 5.41) is 4.83. The van der Waals surface area contributed by atoms with E-state index in [-0.39, 0.29) is 78.4 Å². The molecule has 0 bridgehead atoms. The summed E-state index contributed by atoms with van der Waals surface area (Å²) in [7, 11) is -2.91. The Kier molecular flexibility index (Phi) is 11.7. The molecule has 6 aromatic rings. The van der Waals surface area contributed by atoms with Crippen molar-refractivity contribution < 1.29 is 80.8 Å². The third-order valence-corrected chi connectivity index (χ3v) is 12.9. The van der Waals surface area contributed by atoms with Crippen molar-refractivity contribution in [2.24, 2.45) is 0 Å². The van der Waals surface area contributed by atoms with Crippen molar-refractivity contribution in [2.75, 3.05) is 0 Å². The Balaban J connectivity index is 0.00000168. The monoisotopic (exact) mass is 854 g/mol. The topological polar surface area (TPSA) is 36.9 Å². The summed E-state index contributed by atoms with van der Waals surface area (Å²) >= 11 is 0. The summed E-state index contributed by atoms with van der Waals surface area (Å²) in [6, 6.07) is 44.9. The van der Waals surface area contributed by atoms with Crippen molar-refractivity contribution >= 4 is 47.7 Å². The molecule has 0 N–H and O–H groups in total. The first-order chi connectivity index (χ1) is 23.3. The molecule has 6 aromatic carbocycles. The summed E-state index contributed by atoms with van der Waals surface area (Å²) in [6.45, 7) is 0. The molecule has 0 saturated carbocycles. The first-order valence-electron chi connectivity index (χ1n) is 14.9. The number of alkyl halides is 4. The second-order valence-corrected chi connectivity index (χ2v) is 15.3. The van der Waals surface area contributed by atoms with Crippen molar-refractivity contribution in [3.8, 4) is 34.1 Å². The van der Waals surface area contributed by atoms with Crippen molar-refractivity contribution in [2.45, 2.75) is 12.6 Å². The van der Waals surface area contributed by atoms with Crippen LogP contribution in [0.2, 0.25) is 0 Å². The number of hydrogen-bond acceptors (Lipinski definition) is 4. The van der Waals surface area contributed by atoms with Gasteiger partial charge in [-0.15, -0.1) is 17.6 Å². The fraction of sp³-hybridized carbons (Fsp3) is 0.0526. The van der Waals surface area contributed by atoms with Crippen LogP contribution in [0.1, 0.15) is 0 Å². The molecule has 8 rings (SSSR count). The van der Waals surface area contributed by atoms with Gasteiger partial charge in [-0.3, -0.25) is 0 Å². The minimum Gasteiger partial charge on any atom is -1.00 e. The molecule has 0 aromatic heterocycles. The van der Waals surface area contributed by atoms with Gasteiger partial charge in [0.1, 0.15) is 0 Å². The smallest absolute Gasteiger partial charge is 1.00 e. The third kappa shape index (κ3) is 7.47. The first kappa shape index (κ1) is 38.5. The van der Waals surface area contributed by atoms with Gasteiger partial charge >= 0.3 is 32.1 Å². The molecule has 13 heteroatoms. The quantitative estimate of drug-likeness (QED) is 0.139. The molecule has 0 radical (unpaired) electrons. The molecule has 0 saturated heterocycles. The van der Waals surface area contributed by atoms with Crippen LogP contribution < -0.4 is 75.6 Å². The minimum atomic E-state index is -3.99. The van der Waals surface area contributed by atoms with Crippen molar-refractivity contribution in [1.29, 1.82) is 0 Å². The van der Waals surface area contributed by atoms with Crippen LogP contribution in [0.15, 0.2) is 146 Å². The maximum atomic E-state index is 15.0. The molecule has 0 atom stereocenters. The van der Waals surface area contributed by atoms with Crippen LogP contribution >= 0.6 is 15.8 Å². The maximum absolute atomic E-state index is 15.0. The van der Waals surface area contributed by atoms with Crippen molar-refractivity contribution in [1.82, 2.24) is 0 Å². The van der Waals surface area contributed by atoms with Crippen LogP contribution in [0.4, 0.5) is 17.6 Å². The van der Waals surface area contributed by atoms with Crippen LogP contribution in [0.3, 0.4) is 0 Å². The SMILES string of the molecule is FC1(F)Oc2ccc(P(c3ccccc3)c3ccccc3)c(-c3c(P(c4ccccc4)c4ccccc4)ccc4c3OC(F)(F)O4)c2O1.[Cl-].[Cl-].[Ru+2]. The van der Waals surface area contributed by atoms with E-state index in [1.54, 1.807) is 12.1 Å². The zero-order valence-corrected chi connectivity index (χ0v) is 31.0. The molecule has 2 aliphatic rings. The molecule has 2 aliphatic heterocycles. The van der Waals surface area contributed by atoms with Crippen molar-refractivity contribution in [3.63, 3.8) is 0 Å². The fourth-order valence-corrected chi connectivity index (χ4v) is 10.9. The Morgan fingerprint density at radius 1 is 0.373 bits per heavy atom. The molecule has 2 heterocycles. The first-order valence-corrected chi connectivity index (χ1v) is 17.6. The van der Waals surface area contributed by atoms with E-state index in [0.717, 1.165) is 21.2 Å². The number of fused-ring (bicyclic) bond motifs is 2. The van der Waals surface area contributed by atoms with E-state index in [4.69, 9.17) is 18.9 Å². The van der Waals surface area contributed by atoms with Gasteiger partial charge in [0.15, 0.2) is 23.0 Å². The number of rotatable bonds is 7. The van der Waals surface area contributed by atoms with Gasteiger partial charge in [-0.05, 0) is 71.9 Å². The van der Waals surface area contributed by atoms with E-state index in [1.807, 2.05) is 121 Å². The zero-order valence-electron chi connectivity index (χ0n) is 26.0. The Labute approximate surface area is 319 Å². The minimum absolute atomic E-state index is 0. The number of halogens is 6. The molecule has 0 fully saturated rings. The van der Waals surface area contributed by atoms with Crippen LogP contribution in [-0.4, -0.2) is 12.6 Å². The van der Waals surface area contributed by atoms with E-state index >= 15 is 0 Å². The number of hydrogen-bond donors (Lipinski definition) is 0. The van der Waals surface area contributed by atoms with E-state index in [0.29, 0.717) is 10.6 Å². The van der Waals surface area contributed by atoms with Gasteiger partial charge in [0.2, 0.25) is 0 Å². The van der Waals surface area contributed by atoms with Crippen molar-refractivity contribution in [3.05, 3.63) is 146 Å². The molecule has 260 valence electrons. The molecular weight excluding hydrogens is 830 g/mol. The largest absolute Gasteiger partial charge is 2.00 e. The summed E-state index contributed by atoms with van der Waals surface area (Å²) < 4.78 is 80.4. The average Bonchev–Trinajstić information content (AvgIpc) is 3.60. The van der Waals surface area contributed by atoms with E-state index in [2.05, 4.69) is 0 Å². The Morgan fingerprint density at radius 2 is 0.647 bits per heavy atom. The van der Waals surface area contributed by atoms with Gasteiger partial charge in [0, 0.05) is 11.1 Å². The van der Waals surface area contributed by atoms with Crippen LogP contribution in [0.25, 0.3) is 11.1 Å². The Morgan fingerprint density at radius 3 is 0.922 bits per heavy atom. The Hall–Kier alpha value is -3.70. The third-order valence-electron chi connectivity index (χ3n) is 7.89. The molecule has 0 spiro atoms. The van der Waals surface area contributed by atoms with Gasteiger partial charge in [0.05, 0.1) is 0 Å². The molecule has 4 nitrogen and oxygen atoms in total. The summed E-state index contributed by atoms with van der Waals surface area (Å²) in [5.41, 5.74) is 0.354. The number of benzene rings is 6. The maximum Gasteiger partial charge on any atom is 2.00 e. The second-order valence-electron chi connectivity index (χ2n) is 10.9. The second kappa shape index (κ2) is 15.5. The summed E-state index contributed by atoms with van der Waals surface area (Å²) in [5.74, 6) is -0.955. The molecule has 0 amide bonds. The molecule has 51 heavy (non-hydrogen) atoms. The van der Waals surface area contributed by atoms with Gasteiger partial charge in [0.25, 0.3) is 0 Å². The fourth-order valence-electron chi connectivity index (χ4n) is 6.02. The van der Waals surface area contributed by atoms with E-state index in [1.165, 1.54) is 12.1 Å². The van der Waals surface area contributed by atoms with E-state index in [9.17, 15) is 17.6 Å². The Bertz CT molecular complexity index is 1890. The predicted molar refractivity (Wildman–Crippen MR) is 182 cm³/mol. The zero-order chi connectivity index (χ0) is 32.9. The molecule has 0 unspecified atom stereocenters. The van der Waals surface area contributed by atoms with Gasteiger partial charge in [-0.25, -0.2) is 0 Å². The molecular formula is C38H24Cl2F4O4P2Ru. The van der Waals surface area contributed by atoms with Crippen LogP contribution in [-0.2, 0) is 19.5 Å². The summed E-state index contributed by atoms with van der Waals surface area (Å²) in [6.07, 6.45) is -7.97. The van der Waals surface area contributed by atoms with Gasteiger partial charge in [-0.2, -0.15) is 0 Å². The normalized spacial score (nSPS) is 14.3. The van der Waals surface area contributed by atoms with Crippen LogP contribution in [0, 0.1) is 0 Å². The standard InChI is InChI=1S/C38H24F4O4P2.2ClH.Ru/c39-37(40)43-29-21-23-31(47(25-13-5-1-6-14-25)26-15-7-2-8-16-26)33(35(29)45-37)34-32(24-22-30-36(34)46-38(41,42)44-30)48(27-17-9-3-10-18-27)28-19-11-4-12-20-28;;;/h1-24H;2*1H;/q;;;+2/p-2. The average molecular weight is 855 g/mol. The van der Waals surface area contributed by atoms with Gasteiger partial charge < -0.3 is 43.8 Å².